The Balaban J connectivity index is 1.51. The number of nitrogens with zero attached hydrogens (tertiary/aromatic N) is 4. The number of aromatic nitrogens is 1. The van der Waals surface area contributed by atoms with E-state index in [-0.39, 0.29) is 11.8 Å². The molecule has 1 aromatic heterocycles. The van der Waals surface area contributed by atoms with Gasteiger partial charge < -0.3 is 15.5 Å². The third-order valence-corrected chi connectivity index (χ3v) is 5.40. The van der Waals surface area contributed by atoms with Crippen LogP contribution < -0.4 is 10.6 Å². The molecule has 0 saturated carbocycles. The number of hydrogen-bond acceptors (Lipinski definition) is 6. The van der Waals surface area contributed by atoms with Gasteiger partial charge in [0.05, 0.1) is 6.54 Å². The van der Waals surface area contributed by atoms with Crippen LogP contribution in [0.3, 0.4) is 0 Å². The van der Waals surface area contributed by atoms with Crippen LogP contribution in [0.5, 0.6) is 0 Å². The summed E-state index contributed by atoms with van der Waals surface area (Å²) in [6.07, 6.45) is 4.42. The molecule has 8 heteroatoms. The Morgan fingerprint density at radius 1 is 1.22 bits per heavy atom. The topological polar surface area (TPSA) is 82.8 Å². The van der Waals surface area contributed by atoms with E-state index in [4.69, 9.17) is 5.73 Å². The van der Waals surface area contributed by atoms with Crippen LogP contribution >= 0.6 is 11.3 Å². The molecule has 0 aromatic carbocycles. The predicted octanol–water partition coefficient (Wildman–Crippen LogP) is 0.131. The lowest BCUT2D eigenvalue weighted by atomic mass is 10.0. The van der Waals surface area contributed by atoms with E-state index in [2.05, 4.69) is 14.8 Å². The van der Waals surface area contributed by atoms with E-state index in [1.807, 2.05) is 11.6 Å². The largest absolute Gasteiger partial charge is 0.368 e. The summed E-state index contributed by atoms with van der Waals surface area (Å²) >= 11 is 1.64. The summed E-state index contributed by atoms with van der Waals surface area (Å²) in [4.78, 5) is 34.5. The summed E-state index contributed by atoms with van der Waals surface area (Å²) in [7, 11) is 0. The minimum atomic E-state index is -0.423. The van der Waals surface area contributed by atoms with Crippen molar-refractivity contribution in [1.82, 2.24) is 14.8 Å². The van der Waals surface area contributed by atoms with Crippen LogP contribution in [0.4, 0.5) is 5.13 Å². The van der Waals surface area contributed by atoms with E-state index >= 15 is 0 Å². The van der Waals surface area contributed by atoms with Crippen molar-refractivity contribution in [2.75, 3.05) is 44.2 Å². The van der Waals surface area contributed by atoms with Crippen LogP contribution in [0.15, 0.2) is 11.6 Å². The average molecular weight is 337 g/mol. The molecule has 1 atom stereocenters. The number of carbonyl (C=O) groups excluding carboxylic acids is 2. The maximum atomic E-state index is 12.5. The SMILES string of the molecule is NC(=O)C1CCCCN1C(=O)CN1CCN(c2nccs2)CC1. The maximum absolute atomic E-state index is 12.5. The van der Waals surface area contributed by atoms with Gasteiger partial charge in [-0.25, -0.2) is 4.98 Å². The summed E-state index contributed by atoms with van der Waals surface area (Å²) in [6.45, 7) is 4.43. The van der Waals surface area contributed by atoms with Gasteiger partial charge >= 0.3 is 0 Å². The zero-order chi connectivity index (χ0) is 16.2. The maximum Gasteiger partial charge on any atom is 0.240 e. The highest BCUT2D eigenvalue weighted by Gasteiger charge is 2.31. The van der Waals surface area contributed by atoms with Crippen LogP contribution in [0.25, 0.3) is 0 Å². The molecule has 2 amide bonds. The number of anilines is 1. The van der Waals surface area contributed by atoms with Gasteiger partial charge in [-0.1, -0.05) is 0 Å². The zero-order valence-electron chi connectivity index (χ0n) is 13.2. The van der Waals surface area contributed by atoms with Crippen molar-refractivity contribution >= 4 is 28.3 Å². The van der Waals surface area contributed by atoms with Crippen molar-refractivity contribution < 1.29 is 9.59 Å². The summed E-state index contributed by atoms with van der Waals surface area (Å²) in [5, 5.41) is 3.02. The molecule has 2 fully saturated rings. The molecule has 2 saturated heterocycles. The first-order valence-electron chi connectivity index (χ1n) is 8.11. The predicted molar refractivity (Wildman–Crippen MR) is 89.3 cm³/mol. The van der Waals surface area contributed by atoms with Crippen molar-refractivity contribution in [3.05, 3.63) is 11.6 Å². The van der Waals surface area contributed by atoms with Crippen molar-refractivity contribution in [3.8, 4) is 0 Å². The molecule has 126 valence electrons. The number of hydrogen-bond donors (Lipinski definition) is 1. The Morgan fingerprint density at radius 3 is 2.65 bits per heavy atom. The molecule has 2 aliphatic rings. The molecule has 3 rings (SSSR count). The summed E-state index contributed by atoms with van der Waals surface area (Å²) < 4.78 is 0. The van der Waals surface area contributed by atoms with Crippen LogP contribution in [0.2, 0.25) is 0 Å². The fourth-order valence-corrected chi connectivity index (χ4v) is 3.97. The number of nitrogens with two attached hydrogens (primary N) is 1. The molecule has 7 nitrogen and oxygen atoms in total. The molecule has 3 heterocycles. The monoisotopic (exact) mass is 337 g/mol. The lowest BCUT2D eigenvalue weighted by molar-refractivity contribution is -0.142. The Hall–Kier alpha value is -1.67. The third kappa shape index (κ3) is 3.81. The first kappa shape index (κ1) is 16.2. The highest BCUT2D eigenvalue weighted by molar-refractivity contribution is 7.13. The van der Waals surface area contributed by atoms with E-state index in [9.17, 15) is 9.59 Å². The lowest BCUT2D eigenvalue weighted by Gasteiger charge is -2.38. The van der Waals surface area contributed by atoms with E-state index in [0.717, 1.165) is 44.2 Å². The number of amides is 2. The van der Waals surface area contributed by atoms with Crippen molar-refractivity contribution in [2.45, 2.75) is 25.3 Å². The molecule has 0 spiro atoms. The van der Waals surface area contributed by atoms with Gasteiger partial charge in [0.1, 0.15) is 6.04 Å². The molecule has 0 bridgehead atoms. The third-order valence-electron chi connectivity index (χ3n) is 4.57. The number of likely N-dealkylation sites (tertiary alicyclic amines) is 1. The summed E-state index contributed by atoms with van der Waals surface area (Å²) in [5.41, 5.74) is 5.44. The molecule has 2 aliphatic heterocycles. The van der Waals surface area contributed by atoms with Gasteiger partial charge in [-0.3, -0.25) is 14.5 Å². The fourth-order valence-electron chi connectivity index (χ4n) is 3.28. The Morgan fingerprint density at radius 2 is 2.00 bits per heavy atom. The van der Waals surface area contributed by atoms with E-state index < -0.39 is 6.04 Å². The standard InChI is InChI=1S/C15H23N5O2S/c16-14(22)12-3-1-2-5-20(12)13(21)11-18-6-8-19(9-7-18)15-17-4-10-23-15/h4,10,12H,1-3,5-9,11H2,(H2,16,22). The van der Waals surface area contributed by atoms with Crippen molar-refractivity contribution in [3.63, 3.8) is 0 Å². The Labute approximate surface area is 140 Å². The van der Waals surface area contributed by atoms with Gasteiger partial charge in [-0.2, -0.15) is 0 Å². The number of rotatable bonds is 4. The number of piperidine rings is 1. The van der Waals surface area contributed by atoms with Gasteiger partial charge in [0.25, 0.3) is 0 Å². The number of primary amides is 1. The molecular weight excluding hydrogens is 314 g/mol. The molecule has 0 aliphatic carbocycles. The van der Waals surface area contributed by atoms with Crippen LogP contribution in [0, 0.1) is 0 Å². The normalized spacial score (nSPS) is 23.0. The lowest BCUT2D eigenvalue weighted by Crippen LogP contribution is -2.55. The van der Waals surface area contributed by atoms with Crippen molar-refractivity contribution in [2.24, 2.45) is 5.73 Å². The fraction of sp³-hybridized carbons (Fsp3) is 0.667. The minimum absolute atomic E-state index is 0.0243. The number of carbonyl (C=O) groups is 2. The van der Waals surface area contributed by atoms with Crippen LogP contribution in [-0.2, 0) is 9.59 Å². The number of thiazole rings is 1. The van der Waals surface area contributed by atoms with E-state index in [1.54, 1.807) is 16.2 Å². The Kier molecular flexibility index (Phi) is 5.12. The molecule has 2 N–H and O–H groups in total. The zero-order valence-corrected chi connectivity index (χ0v) is 14.0. The first-order valence-corrected chi connectivity index (χ1v) is 8.98. The molecule has 23 heavy (non-hydrogen) atoms. The van der Waals surface area contributed by atoms with Crippen LogP contribution in [-0.4, -0.2) is 71.9 Å². The van der Waals surface area contributed by atoms with Gasteiger partial charge in [-0.15, -0.1) is 11.3 Å². The van der Waals surface area contributed by atoms with Crippen LogP contribution in [0.1, 0.15) is 19.3 Å². The summed E-state index contributed by atoms with van der Waals surface area (Å²) in [6, 6.07) is -0.423. The number of piperazine rings is 1. The molecule has 1 unspecified atom stereocenters. The van der Waals surface area contributed by atoms with E-state index in [0.29, 0.717) is 19.5 Å². The van der Waals surface area contributed by atoms with E-state index in [1.165, 1.54) is 0 Å². The molecule has 0 radical (unpaired) electrons. The van der Waals surface area contributed by atoms with Crippen molar-refractivity contribution in [1.29, 1.82) is 0 Å². The minimum Gasteiger partial charge on any atom is -0.368 e. The second kappa shape index (κ2) is 7.27. The smallest absolute Gasteiger partial charge is 0.240 e. The van der Waals surface area contributed by atoms with Gasteiger partial charge in [0.2, 0.25) is 11.8 Å². The average Bonchev–Trinajstić information content (AvgIpc) is 3.10. The highest BCUT2D eigenvalue weighted by Crippen LogP contribution is 2.20. The Bertz CT molecular complexity index is 542. The van der Waals surface area contributed by atoms with Gasteiger partial charge in [0, 0.05) is 44.3 Å². The highest BCUT2D eigenvalue weighted by atomic mass is 32.1. The second-order valence-corrected chi connectivity index (χ2v) is 6.95. The molecular formula is C15H23N5O2S. The molecule has 1 aromatic rings. The second-order valence-electron chi connectivity index (χ2n) is 6.08. The first-order chi connectivity index (χ1) is 11.1. The van der Waals surface area contributed by atoms with Gasteiger partial charge in [-0.05, 0) is 19.3 Å². The quantitative estimate of drug-likeness (QED) is 0.844. The summed E-state index contributed by atoms with van der Waals surface area (Å²) in [5.74, 6) is -0.358. The van der Waals surface area contributed by atoms with Gasteiger partial charge in [0.15, 0.2) is 5.13 Å².